The second kappa shape index (κ2) is 4.41. The van der Waals surface area contributed by atoms with Crippen LogP contribution in [-0.4, -0.2) is 10.9 Å². The SMILES string of the molecule is CC(C)[C@H]1CCc2nc(N=C(N)N)sc2C1. The smallest absolute Gasteiger partial charge is 0.212 e. The number of aryl methyl sites for hydroxylation is 1. The molecular weight excluding hydrogens is 220 g/mol. The zero-order chi connectivity index (χ0) is 11.7. The van der Waals surface area contributed by atoms with Crippen molar-refractivity contribution in [3.05, 3.63) is 10.6 Å². The molecule has 1 aromatic heterocycles. The van der Waals surface area contributed by atoms with Gasteiger partial charge in [-0.15, -0.1) is 0 Å². The largest absolute Gasteiger partial charge is 0.370 e. The Bertz CT molecular complexity index is 404. The van der Waals surface area contributed by atoms with Crippen LogP contribution in [0.4, 0.5) is 5.13 Å². The van der Waals surface area contributed by atoms with Gasteiger partial charge in [-0.3, -0.25) is 0 Å². The molecule has 0 amide bonds. The highest BCUT2D eigenvalue weighted by molar-refractivity contribution is 7.15. The monoisotopic (exact) mass is 238 g/mol. The maximum atomic E-state index is 5.35. The average molecular weight is 238 g/mol. The van der Waals surface area contributed by atoms with Crippen LogP contribution in [0.5, 0.6) is 0 Å². The standard InChI is InChI=1S/C11H18N4S/c1-6(2)7-3-4-8-9(5-7)16-11(14-8)15-10(12)13/h6-7H,3-5H2,1-2H3,(H4,12,13,14,15)/t7-/m0/s1. The van der Waals surface area contributed by atoms with E-state index in [1.54, 1.807) is 11.3 Å². The number of nitrogens with zero attached hydrogens (tertiary/aromatic N) is 2. The summed E-state index contributed by atoms with van der Waals surface area (Å²) in [6.45, 7) is 4.57. The number of fused-ring (bicyclic) bond motifs is 1. The third-order valence-corrected chi connectivity index (χ3v) is 4.15. The van der Waals surface area contributed by atoms with Crippen molar-refractivity contribution in [1.29, 1.82) is 0 Å². The van der Waals surface area contributed by atoms with Crippen LogP contribution in [-0.2, 0) is 12.8 Å². The maximum absolute atomic E-state index is 5.35. The van der Waals surface area contributed by atoms with Crippen molar-refractivity contribution in [3.63, 3.8) is 0 Å². The molecule has 4 N–H and O–H groups in total. The lowest BCUT2D eigenvalue weighted by Gasteiger charge is -2.24. The van der Waals surface area contributed by atoms with Crippen LogP contribution in [0.3, 0.4) is 0 Å². The summed E-state index contributed by atoms with van der Waals surface area (Å²) in [4.78, 5) is 9.84. The molecule has 1 aliphatic rings. The molecule has 0 bridgehead atoms. The normalized spacial score (nSPS) is 19.6. The second-order valence-corrected chi connectivity index (χ2v) is 5.71. The van der Waals surface area contributed by atoms with Crippen LogP contribution in [0.1, 0.15) is 30.8 Å². The van der Waals surface area contributed by atoms with Crippen LogP contribution >= 0.6 is 11.3 Å². The van der Waals surface area contributed by atoms with E-state index in [4.69, 9.17) is 11.5 Å². The zero-order valence-corrected chi connectivity index (χ0v) is 10.5. The number of hydrogen-bond donors (Lipinski definition) is 2. The summed E-state index contributed by atoms with van der Waals surface area (Å²) in [5, 5.41) is 0.703. The molecule has 0 fully saturated rings. The van der Waals surface area contributed by atoms with Crippen molar-refractivity contribution in [3.8, 4) is 0 Å². The van der Waals surface area contributed by atoms with Crippen LogP contribution in [0.2, 0.25) is 0 Å². The summed E-state index contributed by atoms with van der Waals surface area (Å²) in [5.74, 6) is 1.60. The van der Waals surface area contributed by atoms with Gasteiger partial charge in [0.15, 0.2) is 5.96 Å². The molecule has 0 unspecified atom stereocenters. The van der Waals surface area contributed by atoms with Gasteiger partial charge >= 0.3 is 0 Å². The highest BCUT2D eigenvalue weighted by Crippen LogP contribution is 2.35. The molecule has 0 saturated heterocycles. The molecule has 2 rings (SSSR count). The molecule has 1 aromatic rings. The third kappa shape index (κ3) is 2.35. The number of guanidine groups is 1. The Hall–Kier alpha value is -1.10. The van der Waals surface area contributed by atoms with Crippen LogP contribution in [0.25, 0.3) is 0 Å². The van der Waals surface area contributed by atoms with Gasteiger partial charge in [-0.05, 0) is 31.1 Å². The van der Waals surface area contributed by atoms with Gasteiger partial charge in [0.2, 0.25) is 5.13 Å². The molecule has 0 saturated carbocycles. The fraction of sp³-hybridized carbons (Fsp3) is 0.636. The Morgan fingerprint density at radius 2 is 2.25 bits per heavy atom. The fourth-order valence-electron chi connectivity index (χ4n) is 2.11. The Morgan fingerprint density at radius 1 is 1.50 bits per heavy atom. The molecule has 16 heavy (non-hydrogen) atoms. The first-order valence-electron chi connectivity index (χ1n) is 5.64. The predicted molar refractivity (Wildman–Crippen MR) is 67.9 cm³/mol. The van der Waals surface area contributed by atoms with Gasteiger partial charge in [-0.1, -0.05) is 25.2 Å². The van der Waals surface area contributed by atoms with Crippen LogP contribution in [0, 0.1) is 11.8 Å². The minimum absolute atomic E-state index is 0.0894. The van der Waals surface area contributed by atoms with E-state index in [1.807, 2.05) is 0 Å². The van der Waals surface area contributed by atoms with E-state index in [1.165, 1.54) is 17.0 Å². The Kier molecular flexibility index (Phi) is 3.14. The number of aliphatic imine (C=N–C) groups is 1. The first-order valence-corrected chi connectivity index (χ1v) is 6.46. The van der Waals surface area contributed by atoms with E-state index in [-0.39, 0.29) is 5.96 Å². The van der Waals surface area contributed by atoms with E-state index in [9.17, 15) is 0 Å². The number of nitrogens with two attached hydrogens (primary N) is 2. The van der Waals surface area contributed by atoms with Gasteiger partial charge in [0, 0.05) is 4.88 Å². The molecule has 0 radical (unpaired) electrons. The Morgan fingerprint density at radius 3 is 2.88 bits per heavy atom. The zero-order valence-electron chi connectivity index (χ0n) is 9.73. The number of thiazole rings is 1. The molecule has 88 valence electrons. The van der Waals surface area contributed by atoms with Crippen molar-refractivity contribution in [2.75, 3.05) is 0 Å². The Balaban J connectivity index is 2.20. The summed E-state index contributed by atoms with van der Waals surface area (Å²) in [6, 6.07) is 0. The minimum Gasteiger partial charge on any atom is -0.370 e. The van der Waals surface area contributed by atoms with Gasteiger partial charge in [0.05, 0.1) is 5.69 Å². The highest BCUT2D eigenvalue weighted by Gasteiger charge is 2.24. The van der Waals surface area contributed by atoms with Gasteiger partial charge in [-0.2, -0.15) is 4.99 Å². The molecule has 0 aliphatic heterocycles. The van der Waals surface area contributed by atoms with Crippen LogP contribution < -0.4 is 11.5 Å². The molecule has 4 nitrogen and oxygen atoms in total. The first kappa shape index (κ1) is 11.4. The summed E-state index contributed by atoms with van der Waals surface area (Å²) < 4.78 is 0. The molecule has 5 heteroatoms. The van der Waals surface area contributed by atoms with Crippen LogP contribution in [0.15, 0.2) is 4.99 Å². The quantitative estimate of drug-likeness (QED) is 0.609. The molecular formula is C11H18N4S. The lowest BCUT2D eigenvalue weighted by Crippen LogP contribution is -2.21. The van der Waals surface area contributed by atoms with Crippen molar-refractivity contribution in [2.24, 2.45) is 28.3 Å². The van der Waals surface area contributed by atoms with Crippen molar-refractivity contribution >= 4 is 22.4 Å². The maximum Gasteiger partial charge on any atom is 0.212 e. The van der Waals surface area contributed by atoms with Crippen molar-refractivity contribution in [2.45, 2.75) is 33.1 Å². The van der Waals surface area contributed by atoms with Gasteiger partial charge in [0.25, 0.3) is 0 Å². The highest BCUT2D eigenvalue weighted by atomic mass is 32.1. The summed E-state index contributed by atoms with van der Waals surface area (Å²) in [5.41, 5.74) is 11.9. The number of rotatable bonds is 2. The second-order valence-electron chi connectivity index (χ2n) is 4.65. The molecule has 1 aliphatic carbocycles. The number of hydrogen-bond acceptors (Lipinski definition) is 3. The van der Waals surface area contributed by atoms with E-state index in [2.05, 4.69) is 23.8 Å². The summed E-state index contributed by atoms with van der Waals surface area (Å²) >= 11 is 1.63. The minimum atomic E-state index is 0.0894. The predicted octanol–water partition coefficient (Wildman–Crippen LogP) is 1.81. The number of aromatic nitrogens is 1. The van der Waals surface area contributed by atoms with Crippen molar-refractivity contribution in [1.82, 2.24) is 4.98 Å². The fourth-order valence-corrected chi connectivity index (χ4v) is 3.20. The van der Waals surface area contributed by atoms with E-state index in [0.717, 1.165) is 24.7 Å². The van der Waals surface area contributed by atoms with E-state index >= 15 is 0 Å². The van der Waals surface area contributed by atoms with E-state index in [0.29, 0.717) is 5.13 Å². The van der Waals surface area contributed by atoms with Gasteiger partial charge in [-0.25, -0.2) is 4.98 Å². The third-order valence-electron chi connectivity index (χ3n) is 3.13. The van der Waals surface area contributed by atoms with Gasteiger partial charge in [0.1, 0.15) is 0 Å². The molecule has 0 aromatic carbocycles. The van der Waals surface area contributed by atoms with E-state index < -0.39 is 0 Å². The summed E-state index contributed by atoms with van der Waals surface area (Å²) in [6.07, 6.45) is 3.43. The first-order chi connectivity index (χ1) is 7.56. The lowest BCUT2D eigenvalue weighted by molar-refractivity contribution is 0.344. The lowest BCUT2D eigenvalue weighted by atomic mass is 9.83. The van der Waals surface area contributed by atoms with Crippen molar-refractivity contribution < 1.29 is 0 Å². The van der Waals surface area contributed by atoms with Gasteiger partial charge < -0.3 is 11.5 Å². The molecule has 1 atom stereocenters. The molecule has 0 spiro atoms. The Labute approximate surface area is 99.8 Å². The molecule has 1 heterocycles. The summed E-state index contributed by atoms with van der Waals surface area (Å²) in [7, 11) is 0. The average Bonchev–Trinajstić information content (AvgIpc) is 2.56. The topological polar surface area (TPSA) is 77.3 Å².